The van der Waals surface area contributed by atoms with Crippen molar-refractivity contribution in [3.05, 3.63) is 28.2 Å². The zero-order chi connectivity index (χ0) is 13.0. The first-order valence-electron chi connectivity index (χ1n) is 5.58. The van der Waals surface area contributed by atoms with E-state index in [1.54, 1.807) is 6.92 Å². The van der Waals surface area contributed by atoms with Gasteiger partial charge in [-0.15, -0.1) is 0 Å². The number of rotatable bonds is 5. The number of ketones is 1. The Hall–Kier alpha value is -0.870. The number of carbonyl (C=O) groups excluding carboxylic acids is 1. The standard InChI is InChI=1S/C13H19BrN2O/c1-10(17)12-9-11(14)5-6-13(12)16(4)8-7-15(2)3/h5-6,9H,7-8H2,1-4H3. The quantitative estimate of drug-likeness (QED) is 0.781. The summed E-state index contributed by atoms with van der Waals surface area (Å²) in [5.41, 5.74) is 1.75. The first-order valence-corrected chi connectivity index (χ1v) is 6.37. The Morgan fingerprint density at radius 1 is 1.24 bits per heavy atom. The molecule has 0 saturated heterocycles. The van der Waals surface area contributed by atoms with E-state index in [0.29, 0.717) is 0 Å². The average Bonchev–Trinajstić information content (AvgIpc) is 2.25. The highest BCUT2D eigenvalue weighted by atomic mass is 79.9. The van der Waals surface area contributed by atoms with Crippen molar-refractivity contribution < 1.29 is 4.79 Å². The van der Waals surface area contributed by atoms with Gasteiger partial charge in [0.2, 0.25) is 0 Å². The molecule has 0 aliphatic carbocycles. The molecule has 3 nitrogen and oxygen atoms in total. The number of anilines is 1. The molecule has 0 radical (unpaired) electrons. The van der Waals surface area contributed by atoms with Crippen LogP contribution in [0.4, 0.5) is 5.69 Å². The fourth-order valence-electron chi connectivity index (χ4n) is 1.59. The van der Waals surface area contributed by atoms with Gasteiger partial charge in [-0.1, -0.05) is 15.9 Å². The van der Waals surface area contributed by atoms with Crippen LogP contribution in [-0.2, 0) is 0 Å². The van der Waals surface area contributed by atoms with Crippen molar-refractivity contribution in [3.8, 4) is 0 Å². The molecule has 0 fully saturated rings. The van der Waals surface area contributed by atoms with Crippen LogP contribution in [0.1, 0.15) is 17.3 Å². The fraction of sp³-hybridized carbons (Fsp3) is 0.462. The summed E-state index contributed by atoms with van der Waals surface area (Å²) >= 11 is 3.40. The van der Waals surface area contributed by atoms with Gasteiger partial charge in [0.15, 0.2) is 5.78 Å². The molecular formula is C13H19BrN2O. The first-order chi connectivity index (χ1) is 7.91. The van der Waals surface area contributed by atoms with E-state index >= 15 is 0 Å². The van der Waals surface area contributed by atoms with E-state index in [9.17, 15) is 4.79 Å². The van der Waals surface area contributed by atoms with Gasteiger partial charge in [0.1, 0.15) is 0 Å². The lowest BCUT2D eigenvalue weighted by Crippen LogP contribution is -2.29. The normalized spacial score (nSPS) is 10.7. The Morgan fingerprint density at radius 2 is 1.88 bits per heavy atom. The molecule has 1 aromatic rings. The number of benzene rings is 1. The van der Waals surface area contributed by atoms with Gasteiger partial charge < -0.3 is 9.80 Å². The number of nitrogens with zero attached hydrogens (tertiary/aromatic N) is 2. The average molecular weight is 299 g/mol. The minimum atomic E-state index is 0.0954. The fourth-order valence-corrected chi connectivity index (χ4v) is 1.95. The van der Waals surface area contributed by atoms with E-state index in [2.05, 4.69) is 25.7 Å². The summed E-state index contributed by atoms with van der Waals surface area (Å²) in [7, 11) is 6.10. The molecule has 0 unspecified atom stereocenters. The lowest BCUT2D eigenvalue weighted by molar-refractivity contribution is 0.101. The van der Waals surface area contributed by atoms with E-state index in [1.165, 1.54) is 0 Å². The molecule has 0 aromatic heterocycles. The maximum absolute atomic E-state index is 11.6. The van der Waals surface area contributed by atoms with E-state index < -0.39 is 0 Å². The molecule has 0 aliphatic rings. The SMILES string of the molecule is CC(=O)c1cc(Br)ccc1N(C)CCN(C)C. The van der Waals surface area contributed by atoms with Crippen molar-refractivity contribution in [2.45, 2.75) is 6.92 Å². The van der Waals surface area contributed by atoms with Crippen LogP contribution < -0.4 is 4.90 Å². The van der Waals surface area contributed by atoms with Crippen molar-refractivity contribution in [1.29, 1.82) is 0 Å². The van der Waals surface area contributed by atoms with Crippen molar-refractivity contribution in [3.63, 3.8) is 0 Å². The van der Waals surface area contributed by atoms with E-state index in [1.807, 2.05) is 39.3 Å². The third-order valence-electron chi connectivity index (χ3n) is 2.63. The van der Waals surface area contributed by atoms with Gasteiger partial charge in [-0.05, 0) is 39.2 Å². The van der Waals surface area contributed by atoms with Crippen molar-refractivity contribution >= 4 is 27.4 Å². The van der Waals surface area contributed by atoms with Crippen LogP contribution in [0.3, 0.4) is 0 Å². The minimum Gasteiger partial charge on any atom is -0.373 e. The number of hydrogen-bond acceptors (Lipinski definition) is 3. The Labute approximate surface area is 112 Å². The summed E-state index contributed by atoms with van der Waals surface area (Å²) in [4.78, 5) is 15.8. The molecule has 4 heteroatoms. The van der Waals surface area contributed by atoms with Gasteiger partial charge in [0, 0.05) is 35.9 Å². The van der Waals surface area contributed by atoms with Crippen LogP contribution in [0.25, 0.3) is 0 Å². The first kappa shape index (κ1) is 14.2. The maximum Gasteiger partial charge on any atom is 0.161 e. The van der Waals surface area contributed by atoms with Crippen LogP contribution in [0, 0.1) is 0 Å². The van der Waals surface area contributed by atoms with Crippen LogP contribution in [0.2, 0.25) is 0 Å². The molecule has 0 N–H and O–H groups in total. The van der Waals surface area contributed by atoms with Crippen LogP contribution >= 0.6 is 15.9 Å². The topological polar surface area (TPSA) is 23.6 Å². The Kier molecular flexibility index (Phi) is 5.15. The second-order valence-electron chi connectivity index (χ2n) is 4.44. The number of likely N-dealkylation sites (N-methyl/N-ethyl adjacent to an activating group) is 2. The molecule has 0 spiro atoms. The van der Waals surface area contributed by atoms with Crippen LogP contribution in [0.15, 0.2) is 22.7 Å². The summed E-state index contributed by atoms with van der Waals surface area (Å²) in [6, 6.07) is 5.83. The van der Waals surface area contributed by atoms with Crippen LogP contribution in [0.5, 0.6) is 0 Å². The van der Waals surface area contributed by atoms with Crippen molar-refractivity contribution in [2.75, 3.05) is 39.1 Å². The molecule has 0 amide bonds. The molecule has 1 aromatic carbocycles. The third kappa shape index (κ3) is 4.13. The summed E-state index contributed by atoms with van der Waals surface area (Å²) in [5, 5.41) is 0. The van der Waals surface area contributed by atoms with E-state index in [-0.39, 0.29) is 5.78 Å². The van der Waals surface area contributed by atoms with E-state index in [4.69, 9.17) is 0 Å². The lowest BCUT2D eigenvalue weighted by atomic mass is 10.1. The molecular weight excluding hydrogens is 280 g/mol. The van der Waals surface area contributed by atoms with Crippen molar-refractivity contribution in [1.82, 2.24) is 4.90 Å². The Bertz CT molecular complexity index is 404. The molecule has 0 bridgehead atoms. The van der Waals surface area contributed by atoms with Gasteiger partial charge in [0.05, 0.1) is 0 Å². The Morgan fingerprint density at radius 3 is 2.41 bits per heavy atom. The second kappa shape index (κ2) is 6.17. The highest BCUT2D eigenvalue weighted by Crippen LogP contribution is 2.24. The third-order valence-corrected chi connectivity index (χ3v) is 3.13. The molecule has 0 heterocycles. The minimum absolute atomic E-state index is 0.0954. The van der Waals surface area contributed by atoms with E-state index in [0.717, 1.165) is 28.8 Å². The summed E-state index contributed by atoms with van der Waals surface area (Å²) in [6.45, 7) is 3.46. The number of Topliss-reactive ketones (excluding diaryl/α,β-unsaturated/α-hetero) is 1. The van der Waals surface area contributed by atoms with Gasteiger partial charge >= 0.3 is 0 Å². The number of hydrogen-bond donors (Lipinski definition) is 0. The zero-order valence-corrected chi connectivity index (χ0v) is 12.4. The van der Waals surface area contributed by atoms with Gasteiger partial charge in [0.25, 0.3) is 0 Å². The zero-order valence-electron chi connectivity index (χ0n) is 10.8. The summed E-state index contributed by atoms with van der Waals surface area (Å²) in [5.74, 6) is 0.0954. The highest BCUT2D eigenvalue weighted by molar-refractivity contribution is 9.10. The summed E-state index contributed by atoms with van der Waals surface area (Å²) in [6.07, 6.45) is 0. The Balaban J connectivity index is 2.92. The molecule has 94 valence electrons. The summed E-state index contributed by atoms with van der Waals surface area (Å²) < 4.78 is 0.937. The number of halogens is 1. The van der Waals surface area contributed by atoms with Crippen LogP contribution in [-0.4, -0.2) is 44.9 Å². The predicted molar refractivity (Wildman–Crippen MR) is 76.0 cm³/mol. The molecule has 17 heavy (non-hydrogen) atoms. The smallest absolute Gasteiger partial charge is 0.161 e. The van der Waals surface area contributed by atoms with Crippen molar-refractivity contribution in [2.24, 2.45) is 0 Å². The second-order valence-corrected chi connectivity index (χ2v) is 5.36. The molecule has 0 aliphatic heterocycles. The maximum atomic E-state index is 11.6. The largest absolute Gasteiger partial charge is 0.373 e. The monoisotopic (exact) mass is 298 g/mol. The number of carbonyl (C=O) groups is 1. The highest BCUT2D eigenvalue weighted by Gasteiger charge is 2.11. The van der Waals surface area contributed by atoms with Gasteiger partial charge in [-0.3, -0.25) is 4.79 Å². The molecule has 1 rings (SSSR count). The molecule has 0 saturated carbocycles. The van der Waals surface area contributed by atoms with Gasteiger partial charge in [-0.2, -0.15) is 0 Å². The van der Waals surface area contributed by atoms with Gasteiger partial charge in [-0.25, -0.2) is 0 Å². The predicted octanol–water partition coefficient (Wildman–Crippen LogP) is 2.65. The lowest BCUT2D eigenvalue weighted by Gasteiger charge is -2.23. The molecule has 0 atom stereocenters.